The minimum absolute atomic E-state index is 0.659. The highest BCUT2D eigenvalue weighted by Crippen LogP contribution is 2.46. The highest BCUT2D eigenvalue weighted by molar-refractivity contribution is 7.26. The molecule has 8 aromatic carbocycles. The molecular weight excluding hydrogens is 733 g/mol. The molecule has 0 N–H and O–H groups in total. The summed E-state index contributed by atoms with van der Waals surface area (Å²) in [7, 11) is 0. The van der Waals surface area contributed by atoms with Crippen molar-refractivity contribution < 1.29 is 0 Å². The Labute approximate surface area is 335 Å². The standard InChI is InChI=1S/C51H30N4S2/c1-3-14-31(15-4-1)49-52-50(32-16-5-2-6-17-32)54-51(53-49)37-21-12-25-43-46(37)38-30-33(28-29-42(38)56-43)34-20-11-26-44-47(34)48-41(24-13-27-45(48)57-44)55-39-22-9-7-18-35(39)36-19-8-10-23-40(36)55/h1-30H. The number of aromatic nitrogens is 4. The lowest BCUT2D eigenvalue weighted by molar-refractivity contribution is 1.08. The van der Waals surface area contributed by atoms with Crippen LogP contribution in [0.15, 0.2) is 182 Å². The van der Waals surface area contributed by atoms with Crippen molar-refractivity contribution in [3.63, 3.8) is 0 Å². The Balaban J connectivity index is 1.09. The zero-order chi connectivity index (χ0) is 37.5. The first-order valence-corrected chi connectivity index (χ1v) is 20.7. The predicted molar refractivity (Wildman–Crippen MR) is 242 cm³/mol. The molecule has 4 heterocycles. The van der Waals surface area contributed by atoms with E-state index < -0.39 is 0 Å². The quantitative estimate of drug-likeness (QED) is 0.175. The van der Waals surface area contributed by atoms with Crippen molar-refractivity contribution in [1.29, 1.82) is 0 Å². The Hall–Kier alpha value is -6.99. The van der Waals surface area contributed by atoms with Gasteiger partial charge in [-0.05, 0) is 59.7 Å². The van der Waals surface area contributed by atoms with E-state index in [-0.39, 0.29) is 0 Å². The van der Waals surface area contributed by atoms with E-state index in [9.17, 15) is 0 Å². The number of nitrogens with zero attached hydrogens (tertiary/aromatic N) is 4. The Morgan fingerprint density at radius 1 is 0.333 bits per heavy atom. The van der Waals surface area contributed by atoms with Gasteiger partial charge in [0, 0.05) is 67.8 Å². The number of benzene rings is 8. The molecule has 0 spiro atoms. The zero-order valence-electron chi connectivity index (χ0n) is 30.4. The summed E-state index contributed by atoms with van der Waals surface area (Å²) in [5, 5.41) is 7.46. The van der Waals surface area contributed by atoms with Crippen molar-refractivity contribution in [2.24, 2.45) is 0 Å². The Morgan fingerprint density at radius 2 is 0.860 bits per heavy atom. The molecule has 12 aromatic rings. The van der Waals surface area contributed by atoms with Gasteiger partial charge in [-0.25, -0.2) is 15.0 Å². The van der Waals surface area contributed by atoms with Gasteiger partial charge in [-0.2, -0.15) is 0 Å². The van der Waals surface area contributed by atoms with Gasteiger partial charge in [0.15, 0.2) is 17.5 Å². The molecule has 0 bridgehead atoms. The summed E-state index contributed by atoms with van der Waals surface area (Å²) in [5.74, 6) is 1.98. The van der Waals surface area contributed by atoms with Crippen LogP contribution in [0.2, 0.25) is 0 Å². The maximum atomic E-state index is 5.14. The fraction of sp³-hybridized carbons (Fsp3) is 0. The second-order valence-electron chi connectivity index (χ2n) is 14.3. The van der Waals surface area contributed by atoms with Gasteiger partial charge in [0.25, 0.3) is 0 Å². The third-order valence-electron chi connectivity index (χ3n) is 11.1. The maximum absolute atomic E-state index is 5.14. The summed E-state index contributed by atoms with van der Waals surface area (Å²) < 4.78 is 7.45. The topological polar surface area (TPSA) is 43.6 Å². The number of para-hydroxylation sites is 2. The molecule has 0 radical (unpaired) electrons. The van der Waals surface area contributed by atoms with E-state index in [1.54, 1.807) is 0 Å². The summed E-state index contributed by atoms with van der Waals surface area (Å²) in [6.07, 6.45) is 0. The first-order chi connectivity index (χ1) is 28.3. The lowest BCUT2D eigenvalue weighted by atomic mass is 9.96. The smallest absolute Gasteiger partial charge is 0.164 e. The van der Waals surface area contributed by atoms with E-state index in [4.69, 9.17) is 15.0 Å². The fourth-order valence-corrected chi connectivity index (χ4v) is 10.8. The van der Waals surface area contributed by atoms with Crippen LogP contribution >= 0.6 is 22.7 Å². The molecule has 6 heteroatoms. The molecule has 0 saturated carbocycles. The van der Waals surface area contributed by atoms with Crippen LogP contribution in [-0.2, 0) is 0 Å². The van der Waals surface area contributed by atoms with E-state index in [0.717, 1.165) is 22.1 Å². The first kappa shape index (κ1) is 32.3. The predicted octanol–water partition coefficient (Wildman–Crippen LogP) is 14.4. The Bertz CT molecular complexity index is 3410. The van der Waals surface area contributed by atoms with Gasteiger partial charge in [-0.1, -0.05) is 133 Å². The SMILES string of the molecule is c1ccc(-c2nc(-c3ccccc3)nc(-c3cccc4sc5ccc(-c6cccc7sc8cccc(-n9c%10ccccc%10c%10ccccc%109)c8c67)cc5c34)n2)cc1. The van der Waals surface area contributed by atoms with E-state index in [2.05, 4.69) is 150 Å². The van der Waals surface area contributed by atoms with Gasteiger partial charge < -0.3 is 4.57 Å². The van der Waals surface area contributed by atoms with Crippen LogP contribution in [-0.4, -0.2) is 19.5 Å². The van der Waals surface area contributed by atoms with Gasteiger partial charge in [-0.15, -0.1) is 22.7 Å². The van der Waals surface area contributed by atoms with E-state index in [1.807, 2.05) is 59.1 Å². The van der Waals surface area contributed by atoms with Crippen molar-refractivity contribution in [2.45, 2.75) is 0 Å². The average molecular weight is 763 g/mol. The van der Waals surface area contributed by atoms with Gasteiger partial charge >= 0.3 is 0 Å². The van der Waals surface area contributed by atoms with E-state index in [1.165, 1.54) is 73.6 Å². The molecule has 0 aliphatic carbocycles. The van der Waals surface area contributed by atoms with Crippen LogP contribution in [0.4, 0.5) is 0 Å². The maximum Gasteiger partial charge on any atom is 0.164 e. The molecule has 0 fully saturated rings. The Morgan fingerprint density at radius 3 is 1.53 bits per heavy atom. The molecule has 0 unspecified atom stereocenters. The van der Waals surface area contributed by atoms with Gasteiger partial charge in [0.2, 0.25) is 0 Å². The molecule has 0 aliphatic rings. The largest absolute Gasteiger partial charge is 0.309 e. The Kier molecular flexibility index (Phi) is 7.24. The van der Waals surface area contributed by atoms with Crippen LogP contribution in [0.25, 0.3) is 113 Å². The summed E-state index contributed by atoms with van der Waals surface area (Å²) in [6, 6.07) is 64.9. The minimum Gasteiger partial charge on any atom is -0.309 e. The van der Waals surface area contributed by atoms with Crippen molar-refractivity contribution in [1.82, 2.24) is 19.5 Å². The molecule has 266 valence electrons. The molecule has 0 atom stereocenters. The van der Waals surface area contributed by atoms with Gasteiger partial charge in [0.1, 0.15) is 0 Å². The van der Waals surface area contributed by atoms with E-state index >= 15 is 0 Å². The number of hydrogen-bond donors (Lipinski definition) is 0. The summed E-state index contributed by atoms with van der Waals surface area (Å²) in [5.41, 5.74) is 8.95. The molecule has 0 amide bonds. The van der Waals surface area contributed by atoms with Gasteiger partial charge in [0.05, 0.1) is 16.7 Å². The molecule has 0 saturated heterocycles. The van der Waals surface area contributed by atoms with Crippen molar-refractivity contribution in [2.75, 3.05) is 0 Å². The van der Waals surface area contributed by atoms with Crippen LogP contribution in [0, 0.1) is 0 Å². The lowest BCUT2D eigenvalue weighted by Gasteiger charge is -2.12. The fourth-order valence-electron chi connectivity index (χ4n) is 8.57. The molecule has 4 nitrogen and oxygen atoms in total. The number of rotatable bonds is 5. The van der Waals surface area contributed by atoms with Gasteiger partial charge in [-0.3, -0.25) is 0 Å². The average Bonchev–Trinajstić information content (AvgIpc) is 3.96. The van der Waals surface area contributed by atoms with Crippen LogP contribution in [0.5, 0.6) is 0 Å². The third kappa shape index (κ3) is 5.08. The summed E-state index contributed by atoms with van der Waals surface area (Å²) in [6.45, 7) is 0. The first-order valence-electron chi connectivity index (χ1n) is 19.0. The normalized spacial score (nSPS) is 11.9. The van der Waals surface area contributed by atoms with Crippen molar-refractivity contribution in [3.8, 4) is 51.0 Å². The lowest BCUT2D eigenvalue weighted by Crippen LogP contribution is -2.00. The number of thiophene rings is 2. The van der Waals surface area contributed by atoms with E-state index in [0.29, 0.717) is 17.5 Å². The molecule has 4 aromatic heterocycles. The number of fused-ring (bicyclic) bond motifs is 9. The summed E-state index contributed by atoms with van der Waals surface area (Å²) in [4.78, 5) is 15.3. The second-order valence-corrected chi connectivity index (χ2v) is 16.5. The van der Waals surface area contributed by atoms with Crippen molar-refractivity contribution in [3.05, 3.63) is 182 Å². The highest BCUT2D eigenvalue weighted by Gasteiger charge is 2.21. The molecular formula is C51H30N4S2. The third-order valence-corrected chi connectivity index (χ3v) is 13.3. The molecule has 0 aliphatic heterocycles. The number of hydrogen-bond acceptors (Lipinski definition) is 5. The van der Waals surface area contributed by atoms with Crippen LogP contribution in [0.3, 0.4) is 0 Å². The second kappa shape index (κ2) is 12.8. The monoisotopic (exact) mass is 762 g/mol. The summed E-state index contributed by atoms with van der Waals surface area (Å²) >= 11 is 3.68. The molecule has 12 rings (SSSR count). The highest BCUT2D eigenvalue weighted by atomic mass is 32.1. The minimum atomic E-state index is 0.659. The zero-order valence-corrected chi connectivity index (χ0v) is 32.1. The van der Waals surface area contributed by atoms with Crippen LogP contribution in [0.1, 0.15) is 0 Å². The van der Waals surface area contributed by atoms with Crippen molar-refractivity contribution >= 4 is 84.8 Å². The molecule has 57 heavy (non-hydrogen) atoms. The van der Waals surface area contributed by atoms with Crippen LogP contribution < -0.4 is 0 Å².